The lowest BCUT2D eigenvalue weighted by atomic mass is 10.2. The monoisotopic (exact) mass is 278 g/mol. The zero-order valence-electron chi connectivity index (χ0n) is 9.14. The second-order valence-corrected chi connectivity index (χ2v) is 4.62. The van der Waals surface area contributed by atoms with Gasteiger partial charge < -0.3 is 5.73 Å². The highest BCUT2D eigenvalue weighted by molar-refractivity contribution is 6.42. The second kappa shape index (κ2) is 4.15. The number of nitrogens with two attached hydrogens (primary N) is 1. The van der Waals surface area contributed by atoms with Gasteiger partial charge in [-0.3, -0.25) is 4.40 Å². The Bertz CT molecular complexity index is 736. The molecule has 4 nitrogen and oxygen atoms in total. The van der Waals surface area contributed by atoms with Gasteiger partial charge in [-0.25, -0.2) is 0 Å². The summed E-state index contributed by atoms with van der Waals surface area (Å²) in [6, 6.07) is 8.94. The molecule has 0 atom stereocenters. The van der Waals surface area contributed by atoms with Crippen LogP contribution in [0.5, 0.6) is 0 Å². The zero-order valence-corrected chi connectivity index (χ0v) is 10.7. The van der Waals surface area contributed by atoms with Crippen molar-refractivity contribution in [2.45, 2.75) is 0 Å². The molecule has 0 unspecified atom stereocenters. The summed E-state index contributed by atoms with van der Waals surface area (Å²) in [7, 11) is 0. The van der Waals surface area contributed by atoms with Gasteiger partial charge >= 0.3 is 0 Å². The quantitative estimate of drug-likeness (QED) is 0.743. The number of aromatic nitrogens is 3. The molecule has 0 radical (unpaired) electrons. The van der Waals surface area contributed by atoms with E-state index in [1.54, 1.807) is 18.2 Å². The van der Waals surface area contributed by atoms with Gasteiger partial charge in [-0.2, -0.15) is 0 Å². The third kappa shape index (κ3) is 1.70. The van der Waals surface area contributed by atoms with Crippen LogP contribution in [0.4, 0.5) is 5.69 Å². The second-order valence-electron chi connectivity index (χ2n) is 3.81. The largest absolute Gasteiger partial charge is 0.396 e. The molecule has 18 heavy (non-hydrogen) atoms. The number of pyridine rings is 1. The normalized spacial score (nSPS) is 11.0. The van der Waals surface area contributed by atoms with Crippen LogP contribution in [0.15, 0.2) is 36.5 Å². The van der Waals surface area contributed by atoms with Gasteiger partial charge in [0.2, 0.25) is 0 Å². The highest BCUT2D eigenvalue weighted by atomic mass is 35.5. The van der Waals surface area contributed by atoms with Gasteiger partial charge in [-0.05, 0) is 30.3 Å². The van der Waals surface area contributed by atoms with E-state index in [1.807, 2.05) is 22.7 Å². The Morgan fingerprint density at radius 1 is 1.06 bits per heavy atom. The molecule has 0 saturated carbocycles. The van der Waals surface area contributed by atoms with Crippen LogP contribution in [0.2, 0.25) is 10.0 Å². The summed E-state index contributed by atoms with van der Waals surface area (Å²) in [6.07, 6.45) is 1.85. The summed E-state index contributed by atoms with van der Waals surface area (Å²) in [5, 5.41) is 9.18. The lowest BCUT2D eigenvalue weighted by molar-refractivity contribution is 1.11. The molecule has 6 heteroatoms. The van der Waals surface area contributed by atoms with Crippen molar-refractivity contribution in [2.24, 2.45) is 0 Å². The first-order chi connectivity index (χ1) is 8.66. The van der Waals surface area contributed by atoms with E-state index < -0.39 is 0 Å². The maximum atomic E-state index is 6.00. The van der Waals surface area contributed by atoms with Crippen molar-refractivity contribution in [3.63, 3.8) is 0 Å². The van der Waals surface area contributed by atoms with E-state index in [4.69, 9.17) is 28.9 Å². The van der Waals surface area contributed by atoms with Crippen molar-refractivity contribution in [1.82, 2.24) is 14.6 Å². The Kier molecular flexibility index (Phi) is 2.61. The number of benzene rings is 1. The Hall–Kier alpha value is -1.78. The summed E-state index contributed by atoms with van der Waals surface area (Å²) in [4.78, 5) is 0. The van der Waals surface area contributed by atoms with Gasteiger partial charge in [0.15, 0.2) is 11.5 Å². The standard InChI is InChI=1S/C12H8Cl2N4/c13-8-4-3-7(6-9(8)14)11-16-17-12-10(15)2-1-5-18(11)12/h1-6H,15H2. The van der Waals surface area contributed by atoms with Crippen LogP contribution in [0.25, 0.3) is 17.0 Å². The van der Waals surface area contributed by atoms with Crippen molar-refractivity contribution in [3.05, 3.63) is 46.6 Å². The average molecular weight is 279 g/mol. The van der Waals surface area contributed by atoms with Crippen LogP contribution in [0, 0.1) is 0 Å². The van der Waals surface area contributed by atoms with Gasteiger partial charge in [0.05, 0.1) is 15.7 Å². The molecule has 0 fully saturated rings. The molecule has 3 rings (SSSR count). The zero-order chi connectivity index (χ0) is 12.7. The third-order valence-electron chi connectivity index (χ3n) is 2.64. The fourth-order valence-electron chi connectivity index (χ4n) is 1.77. The summed E-state index contributed by atoms with van der Waals surface area (Å²) < 4.78 is 1.81. The number of hydrogen-bond acceptors (Lipinski definition) is 3. The summed E-state index contributed by atoms with van der Waals surface area (Å²) in [5.41, 5.74) is 7.87. The number of nitrogen functional groups attached to an aromatic ring is 1. The van der Waals surface area contributed by atoms with Crippen LogP contribution < -0.4 is 5.73 Å². The first kappa shape index (κ1) is 11.3. The summed E-state index contributed by atoms with van der Waals surface area (Å²) in [5.74, 6) is 0.677. The van der Waals surface area contributed by atoms with Gasteiger partial charge in [0.25, 0.3) is 0 Å². The minimum absolute atomic E-state index is 0.481. The molecule has 0 bridgehead atoms. The van der Waals surface area contributed by atoms with E-state index in [1.165, 1.54) is 0 Å². The van der Waals surface area contributed by atoms with E-state index in [2.05, 4.69) is 10.2 Å². The molecule has 0 spiro atoms. The Morgan fingerprint density at radius 2 is 1.89 bits per heavy atom. The fourth-order valence-corrected chi connectivity index (χ4v) is 2.07. The number of halogens is 2. The van der Waals surface area contributed by atoms with Crippen molar-refractivity contribution in [3.8, 4) is 11.4 Å². The number of hydrogen-bond donors (Lipinski definition) is 1. The molecule has 0 aliphatic heterocycles. The van der Waals surface area contributed by atoms with Crippen LogP contribution in [0.1, 0.15) is 0 Å². The highest BCUT2D eigenvalue weighted by Crippen LogP contribution is 2.28. The summed E-state index contributed by atoms with van der Waals surface area (Å²) >= 11 is 11.9. The number of nitrogens with zero attached hydrogens (tertiary/aromatic N) is 3. The first-order valence-corrected chi connectivity index (χ1v) is 5.97. The number of fused-ring (bicyclic) bond motifs is 1. The fraction of sp³-hybridized carbons (Fsp3) is 0. The predicted molar refractivity (Wildman–Crippen MR) is 72.9 cm³/mol. The molecule has 90 valence electrons. The average Bonchev–Trinajstić information content (AvgIpc) is 2.78. The molecule has 3 aromatic rings. The van der Waals surface area contributed by atoms with Crippen molar-refractivity contribution in [2.75, 3.05) is 5.73 Å². The number of anilines is 1. The first-order valence-electron chi connectivity index (χ1n) is 5.21. The molecular formula is C12H8Cl2N4. The lowest BCUT2D eigenvalue weighted by Crippen LogP contribution is -1.93. The topological polar surface area (TPSA) is 56.2 Å². The Labute approximate surface area is 113 Å². The Morgan fingerprint density at radius 3 is 2.67 bits per heavy atom. The molecule has 0 aliphatic carbocycles. The van der Waals surface area contributed by atoms with Crippen LogP contribution in [0.3, 0.4) is 0 Å². The van der Waals surface area contributed by atoms with Gasteiger partial charge in [0.1, 0.15) is 0 Å². The highest BCUT2D eigenvalue weighted by Gasteiger charge is 2.10. The number of rotatable bonds is 1. The molecule has 1 aromatic carbocycles. The Balaban J connectivity index is 2.25. The molecular weight excluding hydrogens is 271 g/mol. The van der Waals surface area contributed by atoms with Crippen LogP contribution >= 0.6 is 23.2 Å². The molecule has 2 heterocycles. The predicted octanol–water partition coefficient (Wildman–Crippen LogP) is 3.29. The van der Waals surface area contributed by atoms with Gasteiger partial charge in [-0.15, -0.1) is 10.2 Å². The van der Waals surface area contributed by atoms with E-state index >= 15 is 0 Å². The maximum Gasteiger partial charge on any atom is 0.184 e. The van der Waals surface area contributed by atoms with Crippen molar-refractivity contribution < 1.29 is 0 Å². The van der Waals surface area contributed by atoms with Gasteiger partial charge in [-0.1, -0.05) is 23.2 Å². The molecule has 0 amide bonds. The van der Waals surface area contributed by atoms with E-state index in [0.29, 0.717) is 27.2 Å². The van der Waals surface area contributed by atoms with Crippen LogP contribution in [-0.4, -0.2) is 14.6 Å². The molecule has 0 aliphatic rings. The SMILES string of the molecule is Nc1cccn2c(-c3ccc(Cl)c(Cl)c3)nnc12. The van der Waals surface area contributed by atoms with Crippen molar-refractivity contribution in [1.29, 1.82) is 0 Å². The van der Waals surface area contributed by atoms with E-state index in [-0.39, 0.29) is 0 Å². The molecule has 2 N–H and O–H groups in total. The lowest BCUT2D eigenvalue weighted by Gasteiger charge is -2.02. The molecule has 2 aromatic heterocycles. The van der Waals surface area contributed by atoms with E-state index in [0.717, 1.165) is 5.56 Å². The minimum Gasteiger partial charge on any atom is -0.396 e. The van der Waals surface area contributed by atoms with E-state index in [9.17, 15) is 0 Å². The molecule has 0 saturated heterocycles. The maximum absolute atomic E-state index is 6.00. The van der Waals surface area contributed by atoms with Crippen LogP contribution in [-0.2, 0) is 0 Å². The smallest absolute Gasteiger partial charge is 0.184 e. The van der Waals surface area contributed by atoms with Crippen molar-refractivity contribution >= 4 is 34.5 Å². The minimum atomic E-state index is 0.481. The third-order valence-corrected chi connectivity index (χ3v) is 3.38. The van der Waals surface area contributed by atoms with Gasteiger partial charge in [0, 0.05) is 11.8 Å². The summed E-state index contributed by atoms with van der Waals surface area (Å²) in [6.45, 7) is 0.